The molecule has 208 valence electrons. The van der Waals surface area contributed by atoms with Crippen LogP contribution in [-0.2, 0) is 4.79 Å². The average molecular weight is 562 g/mol. The fraction of sp³-hybridized carbons (Fsp3) is 0.258. The monoisotopic (exact) mass is 561 g/mol. The molecular weight excluding hydrogens is 530 g/mol. The molecule has 0 atom stereocenters. The SMILES string of the molecule is COc1ccc(C(=O)Oc2ccc(/C=C3\SC(=O)N(CCOc4cc(C)ccc4C(C)C)C3=O)cc2OC)cc1. The van der Waals surface area contributed by atoms with Crippen molar-refractivity contribution in [1.29, 1.82) is 0 Å². The summed E-state index contributed by atoms with van der Waals surface area (Å²) in [5.41, 5.74) is 3.12. The van der Waals surface area contributed by atoms with E-state index in [9.17, 15) is 14.4 Å². The first kappa shape index (κ1) is 28.8. The molecule has 0 aliphatic carbocycles. The molecule has 0 unspecified atom stereocenters. The maximum absolute atomic E-state index is 13.0. The molecule has 8 nitrogen and oxygen atoms in total. The third-order valence-electron chi connectivity index (χ3n) is 6.25. The Kier molecular flexibility index (Phi) is 9.16. The lowest BCUT2D eigenvalue weighted by Gasteiger charge is -2.17. The van der Waals surface area contributed by atoms with Gasteiger partial charge in [0.25, 0.3) is 11.1 Å². The van der Waals surface area contributed by atoms with Gasteiger partial charge in [0.2, 0.25) is 0 Å². The molecule has 3 aromatic rings. The number of aryl methyl sites for hydroxylation is 1. The lowest BCUT2D eigenvalue weighted by atomic mass is 10.0. The van der Waals surface area contributed by atoms with Gasteiger partial charge in [0, 0.05) is 0 Å². The van der Waals surface area contributed by atoms with Crippen molar-refractivity contribution in [2.45, 2.75) is 26.7 Å². The molecule has 3 aromatic carbocycles. The zero-order valence-electron chi connectivity index (χ0n) is 23.1. The van der Waals surface area contributed by atoms with Crippen molar-refractivity contribution < 1.29 is 33.3 Å². The van der Waals surface area contributed by atoms with Gasteiger partial charge in [-0.1, -0.05) is 32.0 Å². The summed E-state index contributed by atoms with van der Waals surface area (Å²) >= 11 is 0.868. The van der Waals surface area contributed by atoms with E-state index in [1.165, 1.54) is 12.0 Å². The summed E-state index contributed by atoms with van der Waals surface area (Å²) in [6.45, 7) is 6.49. The predicted molar refractivity (Wildman–Crippen MR) is 154 cm³/mol. The van der Waals surface area contributed by atoms with Crippen LogP contribution in [0.15, 0.2) is 65.6 Å². The van der Waals surface area contributed by atoms with Crippen molar-refractivity contribution in [3.8, 4) is 23.0 Å². The summed E-state index contributed by atoms with van der Waals surface area (Å²) in [4.78, 5) is 39.7. The first-order chi connectivity index (χ1) is 19.2. The molecule has 4 rings (SSSR count). The van der Waals surface area contributed by atoms with E-state index in [1.54, 1.807) is 55.7 Å². The highest BCUT2D eigenvalue weighted by atomic mass is 32.2. The topological polar surface area (TPSA) is 91.4 Å². The number of carbonyl (C=O) groups is 3. The number of ether oxygens (including phenoxy) is 4. The highest BCUT2D eigenvalue weighted by Gasteiger charge is 2.35. The van der Waals surface area contributed by atoms with Gasteiger partial charge in [0.1, 0.15) is 18.1 Å². The van der Waals surface area contributed by atoms with Crippen LogP contribution in [-0.4, -0.2) is 49.4 Å². The quantitative estimate of drug-likeness (QED) is 0.158. The molecule has 0 N–H and O–H groups in total. The molecule has 1 fully saturated rings. The fourth-order valence-electron chi connectivity index (χ4n) is 4.08. The normalized spacial score (nSPS) is 14.2. The zero-order valence-corrected chi connectivity index (χ0v) is 23.9. The lowest BCUT2D eigenvalue weighted by molar-refractivity contribution is -0.123. The zero-order chi connectivity index (χ0) is 28.8. The minimum Gasteiger partial charge on any atom is -0.497 e. The fourth-order valence-corrected chi connectivity index (χ4v) is 4.94. The molecule has 1 aliphatic heterocycles. The van der Waals surface area contributed by atoms with Gasteiger partial charge >= 0.3 is 5.97 Å². The van der Waals surface area contributed by atoms with E-state index in [2.05, 4.69) is 13.8 Å². The van der Waals surface area contributed by atoms with Gasteiger partial charge in [-0.05, 0) is 89.8 Å². The molecule has 0 aromatic heterocycles. The van der Waals surface area contributed by atoms with Crippen LogP contribution in [0.3, 0.4) is 0 Å². The van der Waals surface area contributed by atoms with Crippen LogP contribution in [0.4, 0.5) is 4.79 Å². The van der Waals surface area contributed by atoms with Crippen LogP contribution in [0.1, 0.15) is 46.8 Å². The van der Waals surface area contributed by atoms with E-state index in [-0.39, 0.29) is 40.9 Å². The summed E-state index contributed by atoms with van der Waals surface area (Å²) in [5.74, 6) is 1.26. The molecule has 1 heterocycles. The second kappa shape index (κ2) is 12.7. The van der Waals surface area contributed by atoms with Gasteiger partial charge in [-0.2, -0.15) is 0 Å². The number of imide groups is 1. The number of methoxy groups -OCH3 is 2. The van der Waals surface area contributed by atoms with Gasteiger partial charge in [-0.15, -0.1) is 0 Å². The Balaban J connectivity index is 1.42. The van der Waals surface area contributed by atoms with Gasteiger partial charge in [-0.3, -0.25) is 14.5 Å². The highest BCUT2D eigenvalue weighted by Crippen LogP contribution is 2.35. The molecule has 0 radical (unpaired) electrons. The third kappa shape index (κ3) is 6.66. The molecule has 0 saturated carbocycles. The summed E-state index contributed by atoms with van der Waals surface area (Å²) in [6.07, 6.45) is 1.61. The number of thioether (sulfide) groups is 1. The van der Waals surface area contributed by atoms with E-state index >= 15 is 0 Å². The Morgan fingerprint density at radius 1 is 0.925 bits per heavy atom. The Hall–Kier alpha value is -4.24. The Bertz CT molecular complexity index is 1450. The molecule has 1 aliphatic rings. The van der Waals surface area contributed by atoms with Crippen LogP contribution in [0.2, 0.25) is 0 Å². The standard InChI is InChI=1S/C31H31NO7S/c1-19(2)24-12-6-20(3)16-26(24)38-15-14-32-29(33)28(40-31(32)35)18-21-7-13-25(27(17-21)37-5)39-30(34)22-8-10-23(36-4)11-9-22/h6-13,16-19H,14-15H2,1-5H3/b28-18-. The van der Waals surface area contributed by atoms with Crippen molar-refractivity contribution >= 4 is 35.0 Å². The van der Waals surface area contributed by atoms with E-state index in [1.807, 2.05) is 25.1 Å². The number of hydrogen-bond acceptors (Lipinski definition) is 8. The number of nitrogens with zero attached hydrogens (tertiary/aromatic N) is 1. The van der Waals surface area contributed by atoms with E-state index in [4.69, 9.17) is 18.9 Å². The molecular formula is C31H31NO7S. The van der Waals surface area contributed by atoms with Crippen LogP contribution >= 0.6 is 11.8 Å². The van der Waals surface area contributed by atoms with Crippen LogP contribution in [0.25, 0.3) is 6.08 Å². The van der Waals surface area contributed by atoms with Crippen molar-refractivity contribution in [2.24, 2.45) is 0 Å². The second-order valence-electron chi connectivity index (χ2n) is 9.41. The first-order valence-electron chi connectivity index (χ1n) is 12.7. The van der Waals surface area contributed by atoms with Crippen molar-refractivity contribution in [3.63, 3.8) is 0 Å². The molecule has 2 amide bonds. The molecule has 9 heteroatoms. The third-order valence-corrected chi connectivity index (χ3v) is 7.16. The number of amides is 2. The Labute approximate surface area is 237 Å². The maximum Gasteiger partial charge on any atom is 0.343 e. The summed E-state index contributed by atoms with van der Waals surface area (Å²) in [5, 5.41) is -0.356. The molecule has 0 spiro atoms. The molecule has 0 bridgehead atoms. The maximum atomic E-state index is 13.0. The second-order valence-corrected chi connectivity index (χ2v) is 10.4. The number of carbonyl (C=O) groups excluding carboxylic acids is 3. The number of benzene rings is 3. The highest BCUT2D eigenvalue weighted by molar-refractivity contribution is 8.18. The molecule has 40 heavy (non-hydrogen) atoms. The van der Waals surface area contributed by atoms with Crippen LogP contribution in [0, 0.1) is 6.92 Å². The van der Waals surface area contributed by atoms with Crippen molar-refractivity contribution in [1.82, 2.24) is 4.90 Å². The van der Waals surface area contributed by atoms with E-state index in [0.29, 0.717) is 22.6 Å². The average Bonchev–Trinajstić information content (AvgIpc) is 3.20. The molecule has 1 saturated heterocycles. The number of esters is 1. The van der Waals surface area contributed by atoms with Crippen molar-refractivity contribution in [3.05, 3.63) is 87.8 Å². The summed E-state index contributed by atoms with van der Waals surface area (Å²) in [7, 11) is 3.00. The lowest BCUT2D eigenvalue weighted by Crippen LogP contribution is -2.32. The van der Waals surface area contributed by atoms with Gasteiger partial charge in [-0.25, -0.2) is 4.79 Å². The van der Waals surface area contributed by atoms with Gasteiger partial charge < -0.3 is 18.9 Å². The Morgan fingerprint density at radius 3 is 2.35 bits per heavy atom. The number of hydrogen-bond donors (Lipinski definition) is 0. The number of rotatable bonds is 10. The first-order valence-corrected chi connectivity index (χ1v) is 13.5. The minimum atomic E-state index is -0.553. The van der Waals surface area contributed by atoms with Crippen molar-refractivity contribution in [2.75, 3.05) is 27.4 Å². The minimum absolute atomic E-state index is 0.136. The summed E-state index contributed by atoms with van der Waals surface area (Å²) in [6, 6.07) is 17.5. The van der Waals surface area contributed by atoms with E-state index < -0.39 is 5.97 Å². The van der Waals surface area contributed by atoms with Crippen LogP contribution < -0.4 is 18.9 Å². The van der Waals surface area contributed by atoms with E-state index in [0.717, 1.165) is 28.6 Å². The largest absolute Gasteiger partial charge is 0.497 e. The smallest absolute Gasteiger partial charge is 0.343 e. The predicted octanol–water partition coefficient (Wildman–Crippen LogP) is 6.47. The summed E-state index contributed by atoms with van der Waals surface area (Å²) < 4.78 is 22.0. The van der Waals surface area contributed by atoms with Gasteiger partial charge in [0.15, 0.2) is 11.5 Å². The van der Waals surface area contributed by atoms with Crippen LogP contribution in [0.5, 0.6) is 23.0 Å². The Morgan fingerprint density at radius 2 is 1.68 bits per heavy atom. The van der Waals surface area contributed by atoms with Gasteiger partial charge in [0.05, 0.1) is 31.2 Å².